The molecule has 19 heavy (non-hydrogen) atoms. The number of amides is 1. The molecule has 2 unspecified atom stereocenters. The van der Waals surface area contributed by atoms with Crippen LogP contribution in [0.2, 0.25) is 0 Å². The lowest BCUT2D eigenvalue weighted by Crippen LogP contribution is -2.38. The summed E-state index contributed by atoms with van der Waals surface area (Å²) >= 11 is 6.24. The highest BCUT2D eigenvalue weighted by atomic mass is 35.5. The zero-order valence-corrected chi connectivity index (χ0v) is 12.2. The van der Waals surface area contributed by atoms with E-state index in [4.69, 9.17) is 11.6 Å². The van der Waals surface area contributed by atoms with Gasteiger partial charge in [-0.05, 0) is 30.7 Å². The van der Waals surface area contributed by atoms with Crippen molar-refractivity contribution in [2.24, 2.45) is 0 Å². The fourth-order valence-electron chi connectivity index (χ4n) is 2.70. The van der Waals surface area contributed by atoms with E-state index in [1.54, 1.807) is 0 Å². The molecule has 0 radical (unpaired) electrons. The van der Waals surface area contributed by atoms with E-state index in [0.29, 0.717) is 18.4 Å². The molecule has 1 aliphatic carbocycles. The maximum absolute atomic E-state index is 12.0. The lowest BCUT2D eigenvalue weighted by molar-refractivity contribution is -0.121. The molecule has 1 aliphatic rings. The Bertz CT molecular complexity index is 400. The monoisotopic (exact) mass is 279 g/mol. The summed E-state index contributed by atoms with van der Waals surface area (Å²) in [5.41, 5.74) is 1.24. The number of hydrogen-bond acceptors (Lipinski definition) is 1. The molecule has 1 saturated carbocycles. The maximum Gasteiger partial charge on any atom is 0.238 e. The first-order valence-corrected chi connectivity index (χ1v) is 7.60. The molecule has 2 atom stereocenters. The Hall–Kier alpha value is -1.02. The summed E-state index contributed by atoms with van der Waals surface area (Å²) in [4.78, 5) is 12.0. The van der Waals surface area contributed by atoms with Crippen LogP contribution in [0.1, 0.15) is 50.5 Å². The number of carbonyl (C=O) groups is 1. The van der Waals surface area contributed by atoms with Crippen molar-refractivity contribution in [2.75, 3.05) is 0 Å². The van der Waals surface area contributed by atoms with E-state index in [1.807, 2.05) is 18.2 Å². The number of hydrogen-bond donors (Lipinski definition) is 1. The van der Waals surface area contributed by atoms with Crippen LogP contribution in [0.3, 0.4) is 0 Å². The van der Waals surface area contributed by atoms with Crippen LogP contribution in [-0.2, 0) is 4.79 Å². The largest absolute Gasteiger partial charge is 0.352 e. The smallest absolute Gasteiger partial charge is 0.238 e. The summed E-state index contributed by atoms with van der Waals surface area (Å²) in [6, 6.07) is 10.6. The van der Waals surface area contributed by atoms with Gasteiger partial charge in [-0.1, -0.05) is 50.1 Å². The van der Waals surface area contributed by atoms with Crippen molar-refractivity contribution < 1.29 is 4.79 Å². The minimum Gasteiger partial charge on any atom is -0.352 e. The molecule has 1 aromatic rings. The molecule has 0 aliphatic heterocycles. The van der Waals surface area contributed by atoms with E-state index < -0.39 is 5.38 Å². The van der Waals surface area contributed by atoms with Crippen LogP contribution in [0.15, 0.2) is 30.3 Å². The number of rotatable bonds is 5. The van der Waals surface area contributed by atoms with Gasteiger partial charge in [0.15, 0.2) is 0 Å². The molecule has 1 fully saturated rings. The molecule has 1 amide bonds. The van der Waals surface area contributed by atoms with Crippen LogP contribution in [0, 0.1) is 0 Å². The second kappa shape index (κ2) is 6.95. The number of alkyl halides is 1. The quantitative estimate of drug-likeness (QED) is 0.815. The molecular weight excluding hydrogens is 258 g/mol. The van der Waals surface area contributed by atoms with E-state index in [-0.39, 0.29) is 5.91 Å². The lowest BCUT2D eigenvalue weighted by atomic mass is 9.96. The Labute approximate surface area is 120 Å². The zero-order chi connectivity index (χ0) is 13.7. The number of nitrogens with one attached hydrogen (secondary N) is 1. The zero-order valence-electron chi connectivity index (χ0n) is 11.4. The molecule has 104 valence electrons. The Morgan fingerprint density at radius 1 is 1.32 bits per heavy atom. The first-order valence-electron chi connectivity index (χ1n) is 7.16. The van der Waals surface area contributed by atoms with Gasteiger partial charge in [0.05, 0.1) is 0 Å². The van der Waals surface area contributed by atoms with Gasteiger partial charge in [0, 0.05) is 6.04 Å². The van der Waals surface area contributed by atoms with Gasteiger partial charge in [-0.15, -0.1) is 11.6 Å². The third-order valence-electron chi connectivity index (χ3n) is 3.92. The molecule has 0 heterocycles. The van der Waals surface area contributed by atoms with Crippen LogP contribution in [-0.4, -0.2) is 17.3 Å². The minimum absolute atomic E-state index is 0.00338. The predicted molar refractivity (Wildman–Crippen MR) is 79.5 cm³/mol. The Balaban J connectivity index is 1.82. The molecule has 3 heteroatoms. The average molecular weight is 280 g/mol. The minimum atomic E-state index is -0.434. The van der Waals surface area contributed by atoms with Gasteiger partial charge in [0.1, 0.15) is 5.38 Å². The molecule has 1 N–H and O–H groups in total. The topological polar surface area (TPSA) is 29.1 Å². The highest BCUT2D eigenvalue weighted by molar-refractivity contribution is 6.30. The fourth-order valence-corrected chi connectivity index (χ4v) is 3.03. The molecule has 1 aromatic carbocycles. The number of carbonyl (C=O) groups excluding carboxylic acids is 1. The molecule has 0 saturated heterocycles. The van der Waals surface area contributed by atoms with E-state index in [0.717, 1.165) is 12.8 Å². The Morgan fingerprint density at radius 3 is 2.58 bits per heavy atom. The van der Waals surface area contributed by atoms with Crippen LogP contribution < -0.4 is 5.32 Å². The highest BCUT2D eigenvalue weighted by Gasteiger charge is 2.23. The summed E-state index contributed by atoms with van der Waals surface area (Å²) in [6.45, 7) is 2.12. The predicted octanol–water partition coefficient (Wildman–Crippen LogP) is 3.85. The summed E-state index contributed by atoms with van der Waals surface area (Å²) in [7, 11) is 0. The SMILES string of the molecule is CC(CC(Cl)C(=O)NC1CCCC1)c1ccccc1. The van der Waals surface area contributed by atoms with Crippen LogP contribution in [0.5, 0.6) is 0 Å². The third-order valence-corrected chi connectivity index (χ3v) is 4.29. The molecule has 0 bridgehead atoms. The molecular formula is C16H22ClNO. The van der Waals surface area contributed by atoms with Crippen molar-refractivity contribution in [3.63, 3.8) is 0 Å². The second-order valence-electron chi connectivity index (χ2n) is 5.50. The van der Waals surface area contributed by atoms with Gasteiger partial charge in [-0.3, -0.25) is 4.79 Å². The fraction of sp³-hybridized carbons (Fsp3) is 0.562. The van der Waals surface area contributed by atoms with Gasteiger partial charge in [-0.2, -0.15) is 0 Å². The van der Waals surface area contributed by atoms with Crippen molar-refractivity contribution in [3.8, 4) is 0 Å². The Morgan fingerprint density at radius 2 is 1.95 bits per heavy atom. The molecule has 2 rings (SSSR count). The van der Waals surface area contributed by atoms with Crippen LogP contribution >= 0.6 is 11.6 Å². The van der Waals surface area contributed by atoms with Crippen LogP contribution in [0.4, 0.5) is 0 Å². The normalized spacial score (nSPS) is 19.1. The van der Waals surface area contributed by atoms with Crippen molar-refractivity contribution in [2.45, 2.75) is 56.4 Å². The van der Waals surface area contributed by atoms with Crippen LogP contribution in [0.25, 0.3) is 0 Å². The first kappa shape index (κ1) is 14.4. The van der Waals surface area contributed by atoms with Gasteiger partial charge < -0.3 is 5.32 Å². The maximum atomic E-state index is 12.0. The van der Waals surface area contributed by atoms with E-state index in [9.17, 15) is 4.79 Å². The van der Waals surface area contributed by atoms with E-state index >= 15 is 0 Å². The number of benzene rings is 1. The van der Waals surface area contributed by atoms with Crippen molar-refractivity contribution in [3.05, 3.63) is 35.9 Å². The average Bonchev–Trinajstić information content (AvgIpc) is 2.92. The first-order chi connectivity index (χ1) is 9.16. The van der Waals surface area contributed by atoms with Gasteiger partial charge in [-0.25, -0.2) is 0 Å². The second-order valence-corrected chi connectivity index (χ2v) is 6.03. The molecule has 2 nitrogen and oxygen atoms in total. The Kier molecular flexibility index (Phi) is 5.26. The highest BCUT2D eigenvalue weighted by Crippen LogP contribution is 2.23. The van der Waals surface area contributed by atoms with E-state index in [2.05, 4.69) is 24.4 Å². The van der Waals surface area contributed by atoms with Crippen molar-refractivity contribution in [1.82, 2.24) is 5.32 Å². The standard InChI is InChI=1S/C16H22ClNO/c1-12(13-7-3-2-4-8-13)11-15(17)16(19)18-14-9-5-6-10-14/h2-4,7-8,12,14-15H,5-6,9-11H2,1H3,(H,18,19). The molecule has 0 spiro atoms. The van der Waals surface area contributed by atoms with Gasteiger partial charge in [0.2, 0.25) is 5.91 Å². The van der Waals surface area contributed by atoms with Crippen molar-refractivity contribution in [1.29, 1.82) is 0 Å². The summed E-state index contributed by atoms with van der Waals surface area (Å²) in [5.74, 6) is 0.300. The summed E-state index contributed by atoms with van der Waals surface area (Å²) in [5, 5.41) is 2.63. The summed E-state index contributed by atoms with van der Waals surface area (Å²) in [6.07, 6.45) is 5.33. The van der Waals surface area contributed by atoms with Gasteiger partial charge >= 0.3 is 0 Å². The van der Waals surface area contributed by atoms with Gasteiger partial charge in [0.25, 0.3) is 0 Å². The van der Waals surface area contributed by atoms with E-state index in [1.165, 1.54) is 18.4 Å². The molecule has 0 aromatic heterocycles. The summed E-state index contributed by atoms with van der Waals surface area (Å²) < 4.78 is 0. The van der Waals surface area contributed by atoms with Crippen molar-refractivity contribution >= 4 is 17.5 Å². The lowest BCUT2D eigenvalue weighted by Gasteiger charge is -2.18. The third kappa shape index (κ3) is 4.24. The number of halogens is 1.